The zero-order valence-corrected chi connectivity index (χ0v) is 6.32. The summed E-state index contributed by atoms with van der Waals surface area (Å²) < 4.78 is 0. The van der Waals surface area contributed by atoms with Crippen LogP contribution in [-0.2, 0) is 0 Å². The van der Waals surface area contributed by atoms with Crippen molar-refractivity contribution in [2.24, 2.45) is 5.73 Å². The van der Waals surface area contributed by atoms with E-state index in [4.69, 9.17) is 5.73 Å². The molecular formula is C8H10N2O. The fourth-order valence-electron chi connectivity index (χ4n) is 0.788. The molecule has 0 aliphatic heterocycles. The molecule has 1 heterocycles. The summed E-state index contributed by atoms with van der Waals surface area (Å²) in [5.74, 6) is 0. The number of nitrogens with two attached hydrogens (primary N) is 1. The maximum Gasteiger partial charge on any atom is 0.168 e. The number of hydrogen-bond donors (Lipinski definition) is 1. The second-order valence-electron chi connectivity index (χ2n) is 2.39. The average Bonchev–Trinajstić information content (AvgIpc) is 2.05. The van der Waals surface area contributed by atoms with Crippen LogP contribution in [0.1, 0.15) is 29.1 Å². The summed E-state index contributed by atoms with van der Waals surface area (Å²) in [6.07, 6.45) is 0.714. The molecule has 1 aromatic rings. The molecule has 0 fully saturated rings. The highest BCUT2D eigenvalue weighted by atomic mass is 16.1. The maximum absolute atomic E-state index is 10.3. The highest BCUT2D eigenvalue weighted by molar-refractivity contribution is 5.71. The minimum absolute atomic E-state index is 0.116. The summed E-state index contributed by atoms with van der Waals surface area (Å²) in [7, 11) is 0. The fourth-order valence-corrected chi connectivity index (χ4v) is 0.788. The Morgan fingerprint density at radius 1 is 1.64 bits per heavy atom. The molecule has 3 nitrogen and oxygen atoms in total. The van der Waals surface area contributed by atoms with Crippen molar-refractivity contribution in [1.82, 2.24) is 4.98 Å². The quantitative estimate of drug-likeness (QED) is 0.637. The molecule has 1 aromatic heterocycles. The van der Waals surface area contributed by atoms with E-state index in [1.807, 2.05) is 6.92 Å². The van der Waals surface area contributed by atoms with Crippen LogP contribution in [0.5, 0.6) is 0 Å². The van der Waals surface area contributed by atoms with Gasteiger partial charge in [-0.3, -0.25) is 4.79 Å². The minimum atomic E-state index is -0.116. The lowest BCUT2D eigenvalue weighted by Gasteiger charge is -2.02. The van der Waals surface area contributed by atoms with Gasteiger partial charge in [0.2, 0.25) is 0 Å². The predicted molar refractivity (Wildman–Crippen MR) is 42.2 cm³/mol. The summed E-state index contributed by atoms with van der Waals surface area (Å²) in [4.78, 5) is 14.3. The Morgan fingerprint density at radius 3 is 2.91 bits per heavy atom. The first-order valence-electron chi connectivity index (χ1n) is 3.41. The van der Waals surface area contributed by atoms with Gasteiger partial charge in [-0.1, -0.05) is 6.07 Å². The summed E-state index contributed by atoms with van der Waals surface area (Å²) in [5, 5.41) is 0. The molecule has 0 saturated carbocycles. The molecule has 0 unspecified atom stereocenters. The molecule has 0 bridgehead atoms. The zero-order chi connectivity index (χ0) is 8.27. The van der Waals surface area contributed by atoms with Crippen molar-refractivity contribution in [1.29, 1.82) is 0 Å². The number of pyridine rings is 1. The van der Waals surface area contributed by atoms with Crippen LogP contribution < -0.4 is 5.73 Å². The van der Waals surface area contributed by atoms with Crippen LogP contribution in [0.4, 0.5) is 0 Å². The molecular weight excluding hydrogens is 140 g/mol. The smallest absolute Gasteiger partial charge is 0.168 e. The van der Waals surface area contributed by atoms with Gasteiger partial charge in [0, 0.05) is 6.04 Å². The lowest BCUT2D eigenvalue weighted by molar-refractivity contribution is 0.111. The molecule has 0 aliphatic rings. The van der Waals surface area contributed by atoms with Crippen molar-refractivity contribution >= 4 is 6.29 Å². The first kappa shape index (κ1) is 7.88. The molecule has 58 valence electrons. The number of aromatic nitrogens is 1. The molecule has 0 aliphatic carbocycles. The molecule has 0 amide bonds. The van der Waals surface area contributed by atoms with Crippen molar-refractivity contribution in [3.05, 3.63) is 29.6 Å². The molecule has 0 aromatic carbocycles. The monoisotopic (exact) mass is 150 g/mol. The van der Waals surface area contributed by atoms with Gasteiger partial charge >= 0.3 is 0 Å². The normalized spacial score (nSPS) is 12.5. The number of carbonyl (C=O) groups is 1. The lowest BCUT2D eigenvalue weighted by Crippen LogP contribution is -2.07. The fraction of sp³-hybridized carbons (Fsp3) is 0.250. The molecule has 0 spiro atoms. The molecule has 1 atom stereocenters. The molecule has 0 radical (unpaired) electrons. The third-order valence-corrected chi connectivity index (χ3v) is 1.38. The summed E-state index contributed by atoms with van der Waals surface area (Å²) in [6, 6.07) is 5.11. The van der Waals surface area contributed by atoms with Gasteiger partial charge in [-0.2, -0.15) is 0 Å². The van der Waals surface area contributed by atoms with E-state index in [-0.39, 0.29) is 6.04 Å². The van der Waals surface area contributed by atoms with Crippen LogP contribution >= 0.6 is 0 Å². The predicted octanol–water partition coefficient (Wildman–Crippen LogP) is 0.914. The SMILES string of the molecule is C[C@H](N)c1cccc(C=O)n1. The van der Waals surface area contributed by atoms with Crippen molar-refractivity contribution in [3.8, 4) is 0 Å². The second-order valence-corrected chi connectivity index (χ2v) is 2.39. The first-order valence-corrected chi connectivity index (χ1v) is 3.41. The van der Waals surface area contributed by atoms with Crippen LogP contribution in [0.2, 0.25) is 0 Å². The van der Waals surface area contributed by atoms with E-state index in [2.05, 4.69) is 4.98 Å². The minimum Gasteiger partial charge on any atom is -0.323 e. The largest absolute Gasteiger partial charge is 0.323 e. The van der Waals surface area contributed by atoms with Crippen LogP contribution in [0.25, 0.3) is 0 Å². The Hall–Kier alpha value is -1.22. The first-order chi connectivity index (χ1) is 5.24. The van der Waals surface area contributed by atoms with Crippen LogP contribution in [0.3, 0.4) is 0 Å². The number of carbonyl (C=O) groups excluding carboxylic acids is 1. The standard InChI is InChI=1S/C8H10N2O/c1-6(9)8-4-2-3-7(5-11)10-8/h2-6H,9H2,1H3/t6-/m0/s1. The van der Waals surface area contributed by atoms with Crippen molar-refractivity contribution in [2.45, 2.75) is 13.0 Å². The Labute approximate surface area is 65.2 Å². The molecule has 2 N–H and O–H groups in total. The van der Waals surface area contributed by atoms with Crippen LogP contribution in [-0.4, -0.2) is 11.3 Å². The summed E-state index contributed by atoms with van der Waals surface area (Å²) in [6.45, 7) is 1.83. The molecule has 3 heteroatoms. The van der Waals surface area contributed by atoms with Crippen LogP contribution in [0, 0.1) is 0 Å². The van der Waals surface area contributed by atoms with Gasteiger partial charge in [-0.15, -0.1) is 0 Å². The third kappa shape index (κ3) is 1.85. The van der Waals surface area contributed by atoms with Crippen molar-refractivity contribution in [3.63, 3.8) is 0 Å². The Balaban J connectivity index is 3.00. The van der Waals surface area contributed by atoms with Crippen molar-refractivity contribution in [2.75, 3.05) is 0 Å². The van der Waals surface area contributed by atoms with Gasteiger partial charge in [0.15, 0.2) is 6.29 Å². The van der Waals surface area contributed by atoms with E-state index < -0.39 is 0 Å². The summed E-state index contributed by atoms with van der Waals surface area (Å²) in [5.41, 5.74) is 6.73. The van der Waals surface area contributed by atoms with E-state index in [1.165, 1.54) is 0 Å². The topological polar surface area (TPSA) is 56.0 Å². The Kier molecular flexibility index (Phi) is 2.33. The maximum atomic E-state index is 10.3. The molecule has 11 heavy (non-hydrogen) atoms. The van der Waals surface area contributed by atoms with Gasteiger partial charge in [-0.05, 0) is 19.1 Å². The number of rotatable bonds is 2. The number of aldehydes is 1. The highest BCUT2D eigenvalue weighted by Gasteiger charge is 2.00. The number of nitrogens with zero attached hydrogens (tertiary/aromatic N) is 1. The Morgan fingerprint density at radius 2 is 2.36 bits per heavy atom. The van der Waals surface area contributed by atoms with Crippen LogP contribution in [0.15, 0.2) is 18.2 Å². The van der Waals surface area contributed by atoms with Crippen molar-refractivity contribution < 1.29 is 4.79 Å². The summed E-state index contributed by atoms with van der Waals surface area (Å²) >= 11 is 0. The van der Waals surface area contributed by atoms with Gasteiger partial charge in [0.05, 0.1) is 5.69 Å². The lowest BCUT2D eigenvalue weighted by atomic mass is 10.2. The highest BCUT2D eigenvalue weighted by Crippen LogP contribution is 2.05. The van der Waals surface area contributed by atoms with Gasteiger partial charge in [0.25, 0.3) is 0 Å². The average molecular weight is 150 g/mol. The molecule has 1 rings (SSSR count). The van der Waals surface area contributed by atoms with E-state index in [0.29, 0.717) is 12.0 Å². The van der Waals surface area contributed by atoms with E-state index in [1.54, 1.807) is 18.2 Å². The number of hydrogen-bond acceptors (Lipinski definition) is 3. The Bertz CT molecular complexity index is 258. The van der Waals surface area contributed by atoms with E-state index in [9.17, 15) is 4.79 Å². The van der Waals surface area contributed by atoms with Gasteiger partial charge in [0.1, 0.15) is 5.69 Å². The van der Waals surface area contributed by atoms with E-state index >= 15 is 0 Å². The van der Waals surface area contributed by atoms with E-state index in [0.717, 1.165) is 5.69 Å². The zero-order valence-electron chi connectivity index (χ0n) is 6.32. The molecule has 0 saturated heterocycles. The van der Waals surface area contributed by atoms with Gasteiger partial charge in [-0.25, -0.2) is 4.98 Å². The third-order valence-electron chi connectivity index (χ3n) is 1.38. The van der Waals surface area contributed by atoms with Gasteiger partial charge < -0.3 is 5.73 Å². The second kappa shape index (κ2) is 3.25.